The van der Waals surface area contributed by atoms with Gasteiger partial charge in [-0.25, -0.2) is 4.79 Å². The average Bonchev–Trinajstić information content (AvgIpc) is 2.30. The monoisotopic (exact) mass is 324 g/mol. The lowest BCUT2D eigenvalue weighted by atomic mass is 10.1. The minimum atomic E-state index is -4.32. The third kappa shape index (κ3) is 5.34. The van der Waals surface area contributed by atoms with E-state index in [2.05, 4.69) is 5.32 Å². The molecule has 1 unspecified atom stereocenters. The van der Waals surface area contributed by atoms with Crippen molar-refractivity contribution in [3.8, 4) is 0 Å². The lowest BCUT2D eigenvalue weighted by molar-refractivity contribution is -0.136. The molecule has 1 aromatic carbocycles. The Labute approximate surface area is 125 Å². The highest BCUT2D eigenvalue weighted by Gasteiger charge is 2.30. The fraction of sp³-hybridized carbons (Fsp3) is 0.462. The molecule has 0 saturated heterocycles. The molecular weight excluding hydrogens is 309 g/mol. The van der Waals surface area contributed by atoms with Gasteiger partial charge in [-0.3, -0.25) is 0 Å². The SMILES string of the molecule is CCOC(=O)c1cc(N)cc(Cl)c1NC(C)CC(F)(F)F. The second-order valence-electron chi connectivity index (χ2n) is 4.51. The van der Waals surface area contributed by atoms with Crippen LogP contribution in [0.5, 0.6) is 0 Å². The first-order chi connectivity index (χ1) is 9.64. The van der Waals surface area contributed by atoms with E-state index in [1.165, 1.54) is 19.1 Å². The summed E-state index contributed by atoms with van der Waals surface area (Å²) in [6.07, 6.45) is -5.38. The molecule has 0 amide bonds. The van der Waals surface area contributed by atoms with Gasteiger partial charge in [0.25, 0.3) is 0 Å². The quantitative estimate of drug-likeness (QED) is 0.638. The number of anilines is 2. The predicted molar refractivity (Wildman–Crippen MR) is 75.6 cm³/mol. The minimum absolute atomic E-state index is 0.0101. The standard InChI is InChI=1S/C13H16ClF3N2O2/c1-3-21-12(20)9-4-8(18)5-10(14)11(9)19-7(2)6-13(15,16)17/h4-5,7,19H,3,6,18H2,1-2H3. The number of nitrogen functional groups attached to an aromatic ring is 1. The Bertz CT molecular complexity index is 521. The number of carbonyl (C=O) groups excluding carboxylic acids is 1. The summed E-state index contributed by atoms with van der Waals surface area (Å²) in [5.74, 6) is -0.701. The fourth-order valence-electron chi connectivity index (χ4n) is 1.79. The Hall–Kier alpha value is -1.63. The van der Waals surface area contributed by atoms with Crippen LogP contribution in [0.25, 0.3) is 0 Å². The van der Waals surface area contributed by atoms with Crippen LogP contribution in [0, 0.1) is 0 Å². The average molecular weight is 325 g/mol. The van der Waals surface area contributed by atoms with Crippen LogP contribution < -0.4 is 11.1 Å². The van der Waals surface area contributed by atoms with E-state index >= 15 is 0 Å². The highest BCUT2D eigenvalue weighted by atomic mass is 35.5. The molecule has 8 heteroatoms. The van der Waals surface area contributed by atoms with E-state index in [1.807, 2.05) is 0 Å². The maximum atomic E-state index is 12.4. The van der Waals surface area contributed by atoms with Gasteiger partial charge < -0.3 is 15.8 Å². The van der Waals surface area contributed by atoms with Crippen molar-refractivity contribution in [3.63, 3.8) is 0 Å². The molecule has 1 atom stereocenters. The van der Waals surface area contributed by atoms with Crippen molar-refractivity contribution in [2.24, 2.45) is 0 Å². The minimum Gasteiger partial charge on any atom is -0.462 e. The summed E-state index contributed by atoms with van der Waals surface area (Å²) >= 11 is 5.96. The first-order valence-corrected chi connectivity index (χ1v) is 6.61. The molecule has 1 aromatic rings. The van der Waals surface area contributed by atoms with Gasteiger partial charge in [0, 0.05) is 11.7 Å². The van der Waals surface area contributed by atoms with Gasteiger partial charge in [0.1, 0.15) is 0 Å². The van der Waals surface area contributed by atoms with Crippen molar-refractivity contribution < 1.29 is 22.7 Å². The van der Waals surface area contributed by atoms with E-state index in [0.29, 0.717) is 0 Å². The second-order valence-corrected chi connectivity index (χ2v) is 4.92. The Balaban J connectivity index is 3.07. The number of rotatable bonds is 5. The summed E-state index contributed by atoms with van der Waals surface area (Å²) < 4.78 is 42.0. The zero-order chi connectivity index (χ0) is 16.2. The Kier molecular flexibility index (Phi) is 5.71. The number of hydrogen-bond donors (Lipinski definition) is 2. The van der Waals surface area contributed by atoms with Crippen LogP contribution in [-0.2, 0) is 4.74 Å². The molecular formula is C13H16ClF3N2O2. The highest BCUT2D eigenvalue weighted by molar-refractivity contribution is 6.34. The van der Waals surface area contributed by atoms with Crippen LogP contribution in [0.1, 0.15) is 30.6 Å². The van der Waals surface area contributed by atoms with Gasteiger partial charge in [0.2, 0.25) is 0 Å². The maximum Gasteiger partial charge on any atom is 0.391 e. The largest absolute Gasteiger partial charge is 0.462 e. The third-order valence-corrected chi connectivity index (χ3v) is 2.83. The number of halogens is 4. The molecule has 0 aromatic heterocycles. The third-order valence-electron chi connectivity index (χ3n) is 2.54. The van der Waals surface area contributed by atoms with Gasteiger partial charge in [0.05, 0.1) is 29.3 Å². The Morgan fingerprint density at radius 2 is 2.10 bits per heavy atom. The van der Waals surface area contributed by atoms with E-state index in [9.17, 15) is 18.0 Å². The summed E-state index contributed by atoms with van der Waals surface area (Å²) in [4.78, 5) is 11.8. The summed E-state index contributed by atoms with van der Waals surface area (Å²) in [6.45, 7) is 3.09. The smallest absolute Gasteiger partial charge is 0.391 e. The zero-order valence-electron chi connectivity index (χ0n) is 11.6. The summed E-state index contributed by atoms with van der Waals surface area (Å²) in [5.41, 5.74) is 5.91. The Morgan fingerprint density at radius 3 is 2.62 bits per heavy atom. The molecule has 4 nitrogen and oxygen atoms in total. The molecule has 118 valence electrons. The molecule has 0 heterocycles. The number of carbonyl (C=O) groups is 1. The first kappa shape index (κ1) is 17.4. The topological polar surface area (TPSA) is 64.3 Å². The molecule has 0 spiro atoms. The van der Waals surface area contributed by atoms with Gasteiger partial charge in [-0.15, -0.1) is 0 Å². The summed E-state index contributed by atoms with van der Waals surface area (Å²) in [5, 5.41) is 2.66. The molecule has 0 aliphatic rings. The summed E-state index contributed by atoms with van der Waals surface area (Å²) in [7, 11) is 0. The first-order valence-electron chi connectivity index (χ1n) is 6.23. The Morgan fingerprint density at radius 1 is 1.48 bits per heavy atom. The van der Waals surface area contributed by atoms with Gasteiger partial charge in [0.15, 0.2) is 0 Å². The predicted octanol–water partition coefficient (Wildman–Crippen LogP) is 3.85. The van der Waals surface area contributed by atoms with E-state index < -0.39 is 24.6 Å². The molecule has 3 N–H and O–H groups in total. The highest BCUT2D eigenvalue weighted by Crippen LogP contribution is 2.32. The van der Waals surface area contributed by atoms with Crippen LogP contribution in [0.15, 0.2) is 12.1 Å². The van der Waals surface area contributed by atoms with Gasteiger partial charge >= 0.3 is 12.1 Å². The maximum absolute atomic E-state index is 12.4. The van der Waals surface area contributed by atoms with Gasteiger partial charge in [-0.2, -0.15) is 13.2 Å². The van der Waals surface area contributed by atoms with Crippen molar-refractivity contribution in [3.05, 3.63) is 22.7 Å². The van der Waals surface area contributed by atoms with Gasteiger partial charge in [-0.05, 0) is 26.0 Å². The molecule has 21 heavy (non-hydrogen) atoms. The van der Waals surface area contributed by atoms with Crippen LogP contribution in [0.4, 0.5) is 24.5 Å². The van der Waals surface area contributed by atoms with Crippen molar-refractivity contribution in [1.29, 1.82) is 0 Å². The van der Waals surface area contributed by atoms with E-state index in [1.54, 1.807) is 6.92 Å². The van der Waals surface area contributed by atoms with Crippen LogP contribution >= 0.6 is 11.6 Å². The van der Waals surface area contributed by atoms with Crippen molar-refractivity contribution >= 4 is 28.9 Å². The number of hydrogen-bond acceptors (Lipinski definition) is 4. The molecule has 0 radical (unpaired) electrons. The van der Waals surface area contributed by atoms with E-state index in [4.69, 9.17) is 22.1 Å². The van der Waals surface area contributed by atoms with Crippen LogP contribution in [0.3, 0.4) is 0 Å². The van der Waals surface area contributed by atoms with Gasteiger partial charge in [-0.1, -0.05) is 11.6 Å². The number of esters is 1. The normalized spacial score (nSPS) is 12.9. The molecule has 1 rings (SSSR count). The van der Waals surface area contributed by atoms with Crippen LogP contribution in [0.2, 0.25) is 5.02 Å². The molecule has 0 bridgehead atoms. The van der Waals surface area contributed by atoms with E-state index in [0.717, 1.165) is 0 Å². The lowest BCUT2D eigenvalue weighted by Crippen LogP contribution is -2.25. The van der Waals surface area contributed by atoms with Crippen molar-refractivity contribution in [2.75, 3.05) is 17.7 Å². The summed E-state index contributed by atoms with van der Waals surface area (Å²) in [6, 6.07) is 1.71. The zero-order valence-corrected chi connectivity index (χ0v) is 12.3. The van der Waals surface area contributed by atoms with E-state index in [-0.39, 0.29) is 28.6 Å². The molecule has 0 fully saturated rings. The van der Waals surface area contributed by atoms with Crippen molar-refractivity contribution in [2.45, 2.75) is 32.5 Å². The number of alkyl halides is 3. The second kappa shape index (κ2) is 6.89. The number of ether oxygens (including phenoxy) is 1. The number of benzene rings is 1. The number of nitrogens with two attached hydrogens (primary N) is 1. The van der Waals surface area contributed by atoms with Crippen LogP contribution in [-0.4, -0.2) is 24.8 Å². The molecule has 0 aliphatic carbocycles. The van der Waals surface area contributed by atoms with Crippen molar-refractivity contribution in [1.82, 2.24) is 0 Å². The fourth-order valence-corrected chi connectivity index (χ4v) is 2.07. The molecule has 0 saturated carbocycles. The number of nitrogens with one attached hydrogen (secondary N) is 1. The molecule has 0 aliphatic heterocycles. The lowest BCUT2D eigenvalue weighted by Gasteiger charge is -2.20.